The molecule has 0 heterocycles. The van der Waals surface area contributed by atoms with Gasteiger partial charge in [-0.1, -0.05) is 0 Å². The Labute approximate surface area is 102 Å². The summed E-state index contributed by atoms with van der Waals surface area (Å²) in [6, 6.07) is 6.74. The second kappa shape index (κ2) is 5.26. The van der Waals surface area contributed by atoms with E-state index in [0.717, 1.165) is 4.35 Å². The second-order valence-electron chi connectivity index (χ2n) is 4.47. The van der Waals surface area contributed by atoms with Gasteiger partial charge in [0.15, 0.2) is 0 Å². The zero-order valence-corrected chi connectivity index (χ0v) is 11.4. The van der Waals surface area contributed by atoms with Crippen molar-refractivity contribution in [2.75, 3.05) is 5.32 Å². The van der Waals surface area contributed by atoms with Gasteiger partial charge in [0.05, 0.1) is 0 Å². The van der Waals surface area contributed by atoms with Gasteiger partial charge in [0.2, 0.25) is 0 Å². The molecule has 0 atom stereocenters. The Kier molecular flexibility index (Phi) is 4.25. The van der Waals surface area contributed by atoms with Crippen LogP contribution in [-0.2, 0) is 3.74 Å². The summed E-state index contributed by atoms with van der Waals surface area (Å²) in [5.41, 5.74) is 0.434. The number of carbonyl (C=O) groups is 1. The van der Waals surface area contributed by atoms with Crippen molar-refractivity contribution >= 4 is 31.8 Å². The van der Waals surface area contributed by atoms with Crippen molar-refractivity contribution in [3.05, 3.63) is 24.3 Å². The molecule has 2 N–H and O–H groups in total. The van der Waals surface area contributed by atoms with Crippen LogP contribution >= 0.6 is 0 Å². The third kappa shape index (κ3) is 4.58. The number of urea groups is 1. The van der Waals surface area contributed by atoms with Gasteiger partial charge in [0.1, 0.15) is 0 Å². The number of amides is 2. The molecule has 0 fully saturated rings. The predicted octanol–water partition coefficient (Wildman–Crippen LogP) is 1.28. The molecule has 0 spiro atoms. The van der Waals surface area contributed by atoms with Crippen LogP contribution in [0.4, 0.5) is 10.5 Å². The summed E-state index contributed by atoms with van der Waals surface area (Å²) in [6.07, 6.45) is 0. The van der Waals surface area contributed by atoms with Crippen LogP contribution in [0.1, 0.15) is 20.8 Å². The van der Waals surface area contributed by atoms with Gasteiger partial charge in [0, 0.05) is 0 Å². The van der Waals surface area contributed by atoms with Crippen LogP contribution in [0.3, 0.4) is 0 Å². The van der Waals surface area contributed by atoms with Crippen molar-refractivity contribution in [2.24, 2.45) is 0 Å². The Hall–Kier alpha value is -1.15. The monoisotopic (exact) mass is 282 g/mol. The molecule has 86 valence electrons. The average Bonchev–Trinajstić information content (AvgIpc) is 2.16. The molecule has 0 aliphatic rings. The number of hydrogen-bond donors (Lipinski definition) is 2. The molecule has 0 saturated heterocycles. The molecule has 4 nitrogen and oxygen atoms in total. The SMILES string of the molecule is CC(C)(C)NC(=O)Nc1ccc([As]=O)cc1. The molecule has 1 rings (SSSR count). The molecule has 0 unspecified atom stereocenters. The van der Waals surface area contributed by atoms with E-state index in [-0.39, 0.29) is 11.6 Å². The van der Waals surface area contributed by atoms with E-state index in [1.54, 1.807) is 24.3 Å². The molecule has 5 heteroatoms. The van der Waals surface area contributed by atoms with Gasteiger partial charge in [-0.2, -0.15) is 0 Å². The van der Waals surface area contributed by atoms with Crippen LogP contribution in [0, 0.1) is 0 Å². The van der Waals surface area contributed by atoms with Crippen molar-refractivity contribution in [3.63, 3.8) is 0 Å². The summed E-state index contributed by atoms with van der Waals surface area (Å²) >= 11 is -0.995. The summed E-state index contributed by atoms with van der Waals surface area (Å²) < 4.78 is 11.5. The van der Waals surface area contributed by atoms with Gasteiger partial charge in [-0.05, 0) is 0 Å². The van der Waals surface area contributed by atoms with E-state index < -0.39 is 15.7 Å². The summed E-state index contributed by atoms with van der Waals surface area (Å²) in [4.78, 5) is 11.5. The third-order valence-corrected chi connectivity index (χ3v) is 2.79. The molecular weight excluding hydrogens is 267 g/mol. The maximum absolute atomic E-state index is 11.5. The van der Waals surface area contributed by atoms with Crippen molar-refractivity contribution in [2.45, 2.75) is 26.3 Å². The molecular formula is C11H15AsN2O2. The van der Waals surface area contributed by atoms with E-state index in [9.17, 15) is 8.53 Å². The van der Waals surface area contributed by atoms with Gasteiger partial charge in [-0.15, -0.1) is 0 Å². The molecule has 16 heavy (non-hydrogen) atoms. The van der Waals surface area contributed by atoms with Crippen molar-refractivity contribution in [1.29, 1.82) is 0 Å². The molecule has 0 aliphatic carbocycles. The Morgan fingerprint density at radius 1 is 1.19 bits per heavy atom. The first-order valence-corrected chi connectivity index (χ1v) is 6.64. The van der Waals surface area contributed by atoms with Gasteiger partial charge in [-0.3, -0.25) is 0 Å². The first-order valence-electron chi connectivity index (χ1n) is 4.93. The van der Waals surface area contributed by atoms with E-state index in [0.29, 0.717) is 5.69 Å². The van der Waals surface area contributed by atoms with Gasteiger partial charge in [0.25, 0.3) is 0 Å². The first-order chi connectivity index (χ1) is 7.40. The van der Waals surface area contributed by atoms with Gasteiger partial charge < -0.3 is 0 Å². The van der Waals surface area contributed by atoms with Crippen molar-refractivity contribution in [3.8, 4) is 0 Å². The summed E-state index contributed by atoms with van der Waals surface area (Å²) in [7, 11) is 0. The Bertz CT molecular complexity index is 382. The van der Waals surface area contributed by atoms with E-state index in [2.05, 4.69) is 10.6 Å². The van der Waals surface area contributed by atoms with Gasteiger partial charge >= 0.3 is 102 Å². The maximum atomic E-state index is 11.5. The van der Waals surface area contributed by atoms with Crippen LogP contribution in [0.15, 0.2) is 24.3 Å². The number of benzene rings is 1. The normalized spacial score (nSPS) is 11.2. The number of carbonyl (C=O) groups excluding carboxylic acids is 1. The molecule has 0 saturated carbocycles. The minimum absolute atomic E-state index is 0.240. The average molecular weight is 282 g/mol. The molecule has 0 aliphatic heterocycles. The molecule has 1 aromatic carbocycles. The first kappa shape index (κ1) is 12.9. The van der Waals surface area contributed by atoms with Crippen molar-refractivity contribution < 1.29 is 8.53 Å². The van der Waals surface area contributed by atoms with E-state index >= 15 is 0 Å². The number of rotatable bonds is 2. The molecule has 0 radical (unpaired) electrons. The number of nitrogens with one attached hydrogen (secondary N) is 2. The van der Waals surface area contributed by atoms with E-state index in [1.165, 1.54) is 0 Å². The summed E-state index contributed by atoms with van der Waals surface area (Å²) in [5, 5.41) is 5.50. The van der Waals surface area contributed by atoms with E-state index in [4.69, 9.17) is 0 Å². The summed E-state index contributed by atoms with van der Waals surface area (Å²) in [6.45, 7) is 5.74. The second-order valence-corrected chi connectivity index (χ2v) is 5.93. The Morgan fingerprint density at radius 2 is 1.75 bits per heavy atom. The molecule has 1 aromatic rings. The van der Waals surface area contributed by atoms with E-state index in [1.807, 2.05) is 20.8 Å². The third-order valence-electron chi connectivity index (χ3n) is 1.72. The van der Waals surface area contributed by atoms with Crippen molar-refractivity contribution in [1.82, 2.24) is 5.32 Å². The zero-order chi connectivity index (χ0) is 12.2. The predicted molar refractivity (Wildman–Crippen MR) is 64.4 cm³/mol. The fourth-order valence-electron chi connectivity index (χ4n) is 1.11. The standard InChI is InChI=1S/C11H15AsN2O2/c1-11(2,3)14-10(15)13-9-6-4-8(12-16)5-7-9/h4-7H,1-3H3,(H2,13,14,15). The topological polar surface area (TPSA) is 58.2 Å². The minimum atomic E-state index is -0.995. The zero-order valence-electron chi connectivity index (χ0n) is 9.57. The summed E-state index contributed by atoms with van der Waals surface area (Å²) in [5.74, 6) is 0. The molecule has 0 bridgehead atoms. The van der Waals surface area contributed by atoms with Gasteiger partial charge in [-0.25, -0.2) is 0 Å². The van der Waals surface area contributed by atoms with Crippen LogP contribution in [0.25, 0.3) is 0 Å². The number of anilines is 1. The Balaban J connectivity index is 2.59. The van der Waals surface area contributed by atoms with Crippen LogP contribution < -0.4 is 15.0 Å². The van der Waals surface area contributed by atoms with Crippen LogP contribution in [0.2, 0.25) is 0 Å². The fraction of sp³-hybridized carbons (Fsp3) is 0.364. The fourth-order valence-corrected chi connectivity index (χ4v) is 1.68. The number of hydrogen-bond acceptors (Lipinski definition) is 2. The van der Waals surface area contributed by atoms with Crippen LogP contribution in [-0.4, -0.2) is 27.3 Å². The quantitative estimate of drug-likeness (QED) is 0.803. The molecule has 0 aromatic heterocycles. The van der Waals surface area contributed by atoms with Crippen LogP contribution in [0.5, 0.6) is 0 Å². The Morgan fingerprint density at radius 3 is 2.19 bits per heavy atom. The molecule has 2 amide bonds.